The van der Waals surface area contributed by atoms with Crippen LogP contribution in [0.3, 0.4) is 0 Å². The average molecular weight is 302 g/mol. The van der Waals surface area contributed by atoms with Crippen molar-refractivity contribution >= 4 is 22.9 Å². The normalized spacial score (nSPS) is 9.86. The third-order valence-corrected chi connectivity index (χ3v) is 3.77. The molecule has 21 heavy (non-hydrogen) atoms. The van der Waals surface area contributed by atoms with E-state index in [2.05, 4.69) is 11.8 Å². The van der Waals surface area contributed by atoms with E-state index in [0.717, 1.165) is 0 Å². The van der Waals surface area contributed by atoms with E-state index in [4.69, 9.17) is 5.73 Å². The molecule has 2 rings (SSSR count). The first-order chi connectivity index (χ1) is 10.2. The lowest BCUT2D eigenvalue weighted by Gasteiger charge is -2.20. The standard InChI is InChI=1S/C16H15FN2OS/c1-2-19(14-7-3-6-13(17)11-14)16(20)15-12(5-4-9-18)8-10-21-15/h3,6-8,10-11H,2,9,18H2,1H3. The number of amides is 1. The van der Waals surface area contributed by atoms with E-state index in [1.165, 1.54) is 28.4 Å². The average Bonchev–Trinajstić information content (AvgIpc) is 2.94. The Hall–Kier alpha value is -2.16. The number of halogens is 1. The molecule has 0 spiro atoms. The second-order valence-corrected chi connectivity index (χ2v) is 5.11. The van der Waals surface area contributed by atoms with Crippen LogP contribution in [0.2, 0.25) is 0 Å². The molecule has 0 unspecified atom stereocenters. The summed E-state index contributed by atoms with van der Waals surface area (Å²) in [6, 6.07) is 7.79. The molecule has 1 amide bonds. The Labute approximate surface area is 127 Å². The van der Waals surface area contributed by atoms with Gasteiger partial charge >= 0.3 is 0 Å². The van der Waals surface area contributed by atoms with Crippen LogP contribution in [0.15, 0.2) is 35.7 Å². The van der Waals surface area contributed by atoms with Crippen LogP contribution in [0.4, 0.5) is 10.1 Å². The van der Waals surface area contributed by atoms with Crippen molar-refractivity contribution in [3.63, 3.8) is 0 Å². The Balaban J connectivity index is 2.35. The Morgan fingerprint density at radius 3 is 2.90 bits per heavy atom. The number of carbonyl (C=O) groups is 1. The van der Waals surface area contributed by atoms with Crippen molar-refractivity contribution in [1.29, 1.82) is 0 Å². The summed E-state index contributed by atoms with van der Waals surface area (Å²) in [5.74, 6) is 5.09. The molecule has 3 nitrogen and oxygen atoms in total. The summed E-state index contributed by atoms with van der Waals surface area (Å²) in [7, 11) is 0. The van der Waals surface area contributed by atoms with Crippen molar-refractivity contribution < 1.29 is 9.18 Å². The number of hydrogen-bond donors (Lipinski definition) is 1. The minimum absolute atomic E-state index is 0.181. The summed E-state index contributed by atoms with van der Waals surface area (Å²) in [5, 5.41) is 1.81. The minimum atomic E-state index is -0.368. The summed E-state index contributed by atoms with van der Waals surface area (Å²) in [6.07, 6.45) is 0. The van der Waals surface area contributed by atoms with Crippen LogP contribution in [0.5, 0.6) is 0 Å². The molecule has 0 radical (unpaired) electrons. The first-order valence-corrected chi connectivity index (χ1v) is 7.39. The number of hydrogen-bond acceptors (Lipinski definition) is 3. The summed E-state index contributed by atoms with van der Waals surface area (Å²) in [4.78, 5) is 14.7. The van der Waals surface area contributed by atoms with Crippen LogP contribution in [0, 0.1) is 17.7 Å². The van der Waals surface area contributed by atoms with Crippen molar-refractivity contribution in [2.75, 3.05) is 18.0 Å². The molecule has 0 saturated heterocycles. The smallest absolute Gasteiger partial charge is 0.269 e. The molecule has 5 heteroatoms. The molecule has 1 aromatic carbocycles. The van der Waals surface area contributed by atoms with E-state index in [1.807, 2.05) is 12.3 Å². The zero-order valence-electron chi connectivity index (χ0n) is 11.6. The van der Waals surface area contributed by atoms with Gasteiger partial charge in [0.05, 0.1) is 6.54 Å². The Morgan fingerprint density at radius 2 is 2.24 bits per heavy atom. The minimum Gasteiger partial charge on any atom is -0.320 e. The van der Waals surface area contributed by atoms with E-state index in [9.17, 15) is 9.18 Å². The van der Waals surface area contributed by atoms with E-state index in [0.29, 0.717) is 22.7 Å². The third kappa shape index (κ3) is 3.48. The highest BCUT2D eigenvalue weighted by atomic mass is 32.1. The van der Waals surface area contributed by atoms with Crippen LogP contribution in [-0.2, 0) is 0 Å². The lowest BCUT2D eigenvalue weighted by Crippen LogP contribution is -2.30. The predicted molar refractivity (Wildman–Crippen MR) is 84.0 cm³/mol. The zero-order valence-corrected chi connectivity index (χ0v) is 12.4. The van der Waals surface area contributed by atoms with Gasteiger partial charge in [-0.25, -0.2) is 4.39 Å². The van der Waals surface area contributed by atoms with Crippen molar-refractivity contribution in [2.24, 2.45) is 5.73 Å². The maximum absolute atomic E-state index is 13.3. The van der Waals surface area contributed by atoms with Gasteiger partial charge < -0.3 is 10.6 Å². The number of nitrogens with zero attached hydrogens (tertiary/aromatic N) is 1. The topological polar surface area (TPSA) is 46.3 Å². The maximum Gasteiger partial charge on any atom is 0.269 e. The molecule has 0 atom stereocenters. The van der Waals surface area contributed by atoms with Gasteiger partial charge in [-0.3, -0.25) is 4.79 Å². The van der Waals surface area contributed by atoms with Crippen molar-refractivity contribution in [3.8, 4) is 11.8 Å². The van der Waals surface area contributed by atoms with Gasteiger partial charge in [0, 0.05) is 17.8 Å². The fourth-order valence-electron chi connectivity index (χ4n) is 1.93. The van der Waals surface area contributed by atoms with E-state index in [-0.39, 0.29) is 18.3 Å². The number of thiophene rings is 1. The highest BCUT2D eigenvalue weighted by Gasteiger charge is 2.20. The molecule has 0 aliphatic heterocycles. The highest BCUT2D eigenvalue weighted by molar-refractivity contribution is 7.12. The largest absolute Gasteiger partial charge is 0.320 e. The molecule has 0 aliphatic carbocycles. The van der Waals surface area contributed by atoms with Gasteiger partial charge in [-0.15, -0.1) is 11.3 Å². The first kappa shape index (κ1) is 15.2. The molecule has 0 bridgehead atoms. The van der Waals surface area contributed by atoms with Crippen molar-refractivity contribution in [1.82, 2.24) is 0 Å². The summed E-state index contributed by atoms with van der Waals surface area (Å²) in [6.45, 7) is 2.54. The van der Waals surface area contributed by atoms with Crippen LogP contribution in [-0.4, -0.2) is 19.0 Å². The molecule has 108 valence electrons. The summed E-state index contributed by atoms with van der Waals surface area (Å²) >= 11 is 1.32. The lowest BCUT2D eigenvalue weighted by molar-refractivity contribution is 0.0992. The van der Waals surface area contributed by atoms with Gasteiger partial charge in [0.1, 0.15) is 10.7 Å². The van der Waals surface area contributed by atoms with Crippen molar-refractivity contribution in [2.45, 2.75) is 6.92 Å². The quantitative estimate of drug-likeness (QED) is 0.886. The van der Waals surface area contributed by atoms with Crippen LogP contribution in [0.25, 0.3) is 0 Å². The molecule has 1 aromatic heterocycles. The number of nitrogens with two attached hydrogens (primary N) is 1. The van der Waals surface area contributed by atoms with Crippen LogP contribution in [0.1, 0.15) is 22.2 Å². The van der Waals surface area contributed by atoms with Crippen molar-refractivity contribution in [3.05, 3.63) is 52.0 Å². The second kappa shape index (κ2) is 7.02. The van der Waals surface area contributed by atoms with E-state index in [1.54, 1.807) is 18.2 Å². The Bertz CT molecular complexity index is 700. The van der Waals surface area contributed by atoms with Gasteiger partial charge in [0.25, 0.3) is 5.91 Å². The van der Waals surface area contributed by atoms with E-state index >= 15 is 0 Å². The number of carbonyl (C=O) groups excluding carboxylic acids is 1. The van der Waals surface area contributed by atoms with Gasteiger partial charge in [-0.05, 0) is 36.6 Å². The molecule has 0 aliphatic rings. The third-order valence-electron chi connectivity index (χ3n) is 2.87. The van der Waals surface area contributed by atoms with Gasteiger partial charge in [0.2, 0.25) is 0 Å². The Morgan fingerprint density at radius 1 is 1.43 bits per heavy atom. The molecule has 2 aromatic rings. The highest BCUT2D eigenvalue weighted by Crippen LogP contribution is 2.23. The molecule has 0 saturated carbocycles. The molecular weight excluding hydrogens is 287 g/mol. The molecule has 1 heterocycles. The molecular formula is C16H15FN2OS. The second-order valence-electron chi connectivity index (χ2n) is 4.20. The monoisotopic (exact) mass is 302 g/mol. The Kier molecular flexibility index (Phi) is 5.09. The SMILES string of the molecule is CCN(C(=O)c1sccc1C#CCN)c1cccc(F)c1. The van der Waals surface area contributed by atoms with Gasteiger partial charge in [0.15, 0.2) is 0 Å². The molecule has 0 fully saturated rings. The number of benzene rings is 1. The van der Waals surface area contributed by atoms with E-state index < -0.39 is 0 Å². The van der Waals surface area contributed by atoms with Crippen LogP contribution < -0.4 is 10.6 Å². The number of anilines is 1. The number of rotatable bonds is 3. The fraction of sp³-hybridized carbons (Fsp3) is 0.188. The van der Waals surface area contributed by atoms with Gasteiger partial charge in [-0.1, -0.05) is 17.9 Å². The molecule has 2 N–H and O–H groups in total. The summed E-state index contributed by atoms with van der Waals surface area (Å²) < 4.78 is 13.3. The summed E-state index contributed by atoms with van der Waals surface area (Å²) in [5.41, 5.74) is 6.55. The zero-order chi connectivity index (χ0) is 15.2. The first-order valence-electron chi connectivity index (χ1n) is 6.51. The lowest BCUT2D eigenvalue weighted by atomic mass is 10.2. The van der Waals surface area contributed by atoms with Gasteiger partial charge in [-0.2, -0.15) is 0 Å². The fourth-order valence-corrected chi connectivity index (χ4v) is 2.73. The van der Waals surface area contributed by atoms with Crippen LogP contribution >= 0.6 is 11.3 Å². The maximum atomic E-state index is 13.3. The predicted octanol–water partition coefficient (Wildman–Crippen LogP) is 2.86.